The average molecular weight is 348 g/mol. The van der Waals surface area contributed by atoms with Gasteiger partial charge in [-0.2, -0.15) is 0 Å². The molecule has 3 rings (SSSR count). The lowest BCUT2D eigenvalue weighted by Gasteiger charge is -2.34. The first-order chi connectivity index (χ1) is 11.6. The molecule has 0 radical (unpaired) electrons. The Morgan fingerprint density at radius 1 is 1.08 bits per heavy atom. The molecular formula is C17H18ClN3O3. The molecule has 2 aromatic rings. The van der Waals surface area contributed by atoms with Crippen LogP contribution in [-0.4, -0.2) is 59.9 Å². The lowest BCUT2D eigenvalue weighted by Crippen LogP contribution is -2.50. The molecule has 0 unspecified atom stereocenters. The zero-order valence-corrected chi connectivity index (χ0v) is 14.0. The zero-order chi connectivity index (χ0) is 17.1. The van der Waals surface area contributed by atoms with Gasteiger partial charge in [0.05, 0.1) is 12.1 Å². The number of ether oxygens (including phenoxy) is 1. The van der Waals surface area contributed by atoms with Crippen LogP contribution in [0.5, 0.6) is 5.75 Å². The van der Waals surface area contributed by atoms with Crippen LogP contribution in [0.3, 0.4) is 0 Å². The smallest absolute Gasteiger partial charge is 0.270 e. The van der Waals surface area contributed by atoms with Crippen LogP contribution in [0.15, 0.2) is 36.5 Å². The minimum Gasteiger partial charge on any atom is -0.495 e. The number of nitrogens with one attached hydrogen (secondary N) is 1. The van der Waals surface area contributed by atoms with E-state index < -0.39 is 0 Å². The fourth-order valence-corrected chi connectivity index (χ4v) is 2.99. The molecule has 1 aliphatic rings. The highest BCUT2D eigenvalue weighted by Crippen LogP contribution is 2.25. The highest BCUT2D eigenvalue weighted by atomic mass is 35.5. The topological polar surface area (TPSA) is 65.6 Å². The van der Waals surface area contributed by atoms with Gasteiger partial charge in [0.1, 0.15) is 11.4 Å². The molecule has 0 atom stereocenters. The van der Waals surface area contributed by atoms with Gasteiger partial charge in [-0.3, -0.25) is 9.59 Å². The molecule has 1 aliphatic heterocycles. The third-order valence-electron chi connectivity index (χ3n) is 4.08. The largest absolute Gasteiger partial charge is 0.495 e. The Balaban J connectivity index is 1.63. The Labute approximate surface area is 145 Å². The molecular weight excluding hydrogens is 330 g/mol. The van der Waals surface area contributed by atoms with Crippen molar-refractivity contribution in [3.63, 3.8) is 0 Å². The number of benzene rings is 1. The maximum Gasteiger partial charge on any atom is 0.270 e. The maximum atomic E-state index is 12.6. The third kappa shape index (κ3) is 3.23. The second-order valence-electron chi connectivity index (χ2n) is 5.52. The predicted molar refractivity (Wildman–Crippen MR) is 90.6 cm³/mol. The summed E-state index contributed by atoms with van der Waals surface area (Å²) in [5.74, 6) is 0.403. The molecule has 1 aromatic heterocycles. The second kappa shape index (κ2) is 6.97. The number of nitrogens with zero attached hydrogens (tertiary/aromatic N) is 2. The van der Waals surface area contributed by atoms with E-state index in [9.17, 15) is 9.59 Å². The van der Waals surface area contributed by atoms with Crippen molar-refractivity contribution in [3.8, 4) is 5.75 Å². The highest BCUT2D eigenvalue weighted by Gasteiger charge is 2.26. The first-order valence-electron chi connectivity index (χ1n) is 7.65. The van der Waals surface area contributed by atoms with Crippen molar-refractivity contribution in [2.24, 2.45) is 0 Å². The Morgan fingerprint density at radius 3 is 2.29 bits per heavy atom. The summed E-state index contributed by atoms with van der Waals surface area (Å²) in [6.45, 7) is 2.00. The van der Waals surface area contributed by atoms with E-state index in [0.717, 1.165) is 0 Å². The summed E-state index contributed by atoms with van der Waals surface area (Å²) >= 11 is 6.08. The summed E-state index contributed by atoms with van der Waals surface area (Å²) in [6.07, 6.45) is 1.72. The lowest BCUT2D eigenvalue weighted by atomic mass is 10.1. The van der Waals surface area contributed by atoms with E-state index in [2.05, 4.69) is 4.98 Å². The number of aromatic nitrogens is 1. The first-order valence-corrected chi connectivity index (χ1v) is 8.03. The number of hydrogen-bond acceptors (Lipinski definition) is 3. The van der Waals surface area contributed by atoms with E-state index >= 15 is 0 Å². The number of rotatable bonds is 3. The Morgan fingerprint density at radius 2 is 1.75 bits per heavy atom. The minimum atomic E-state index is -0.0912. The quantitative estimate of drug-likeness (QED) is 0.926. The average Bonchev–Trinajstić information content (AvgIpc) is 3.15. The molecule has 0 saturated carbocycles. The number of hydrogen-bond donors (Lipinski definition) is 1. The van der Waals surface area contributed by atoms with E-state index in [1.54, 1.807) is 46.3 Å². The van der Waals surface area contributed by atoms with Gasteiger partial charge in [-0.15, -0.1) is 0 Å². The van der Waals surface area contributed by atoms with E-state index in [0.29, 0.717) is 48.2 Å². The van der Waals surface area contributed by atoms with Gasteiger partial charge in [-0.1, -0.05) is 11.6 Å². The molecule has 24 heavy (non-hydrogen) atoms. The van der Waals surface area contributed by atoms with Gasteiger partial charge in [0, 0.05) is 37.9 Å². The van der Waals surface area contributed by atoms with Crippen molar-refractivity contribution in [2.45, 2.75) is 0 Å². The van der Waals surface area contributed by atoms with Gasteiger partial charge in [0.2, 0.25) is 0 Å². The van der Waals surface area contributed by atoms with Gasteiger partial charge >= 0.3 is 0 Å². The van der Waals surface area contributed by atoms with Crippen molar-refractivity contribution in [1.82, 2.24) is 14.8 Å². The number of H-pyrrole nitrogens is 1. The molecule has 1 aromatic carbocycles. The number of methoxy groups -OCH3 is 1. The van der Waals surface area contributed by atoms with Crippen molar-refractivity contribution >= 4 is 23.4 Å². The second-order valence-corrected chi connectivity index (χ2v) is 5.92. The molecule has 2 heterocycles. The van der Waals surface area contributed by atoms with Crippen LogP contribution in [0.4, 0.5) is 0 Å². The molecule has 0 spiro atoms. The van der Waals surface area contributed by atoms with Crippen molar-refractivity contribution < 1.29 is 14.3 Å². The van der Waals surface area contributed by atoms with Gasteiger partial charge in [-0.25, -0.2) is 0 Å². The standard InChI is InChI=1S/C17H18ClN3O3/c1-24-15-5-4-12(11-13(15)18)16(22)20-7-9-21(10-8-20)17(23)14-3-2-6-19-14/h2-6,11,19H,7-10H2,1H3. The van der Waals surface area contributed by atoms with E-state index in [4.69, 9.17) is 16.3 Å². The zero-order valence-electron chi connectivity index (χ0n) is 13.3. The highest BCUT2D eigenvalue weighted by molar-refractivity contribution is 6.32. The van der Waals surface area contributed by atoms with Crippen LogP contribution < -0.4 is 4.74 Å². The van der Waals surface area contributed by atoms with Gasteiger partial charge in [0.15, 0.2) is 0 Å². The van der Waals surface area contributed by atoms with Crippen molar-refractivity contribution in [1.29, 1.82) is 0 Å². The monoisotopic (exact) mass is 347 g/mol. The Kier molecular flexibility index (Phi) is 4.76. The van der Waals surface area contributed by atoms with Gasteiger partial charge in [0.25, 0.3) is 11.8 Å². The minimum absolute atomic E-state index is 0.0420. The number of carbonyl (C=O) groups excluding carboxylic acids is 2. The van der Waals surface area contributed by atoms with Crippen molar-refractivity contribution in [2.75, 3.05) is 33.3 Å². The molecule has 1 saturated heterocycles. The summed E-state index contributed by atoms with van der Waals surface area (Å²) in [6, 6.07) is 8.53. The van der Waals surface area contributed by atoms with E-state index in [-0.39, 0.29) is 11.8 Å². The SMILES string of the molecule is COc1ccc(C(=O)N2CCN(C(=O)c3ccc[nH]3)CC2)cc1Cl. The fraction of sp³-hybridized carbons (Fsp3) is 0.294. The van der Waals surface area contributed by atoms with Crippen LogP contribution in [0.1, 0.15) is 20.8 Å². The number of piperazine rings is 1. The maximum absolute atomic E-state index is 12.6. The molecule has 1 fully saturated rings. The third-order valence-corrected chi connectivity index (χ3v) is 4.38. The number of carbonyl (C=O) groups is 2. The molecule has 2 amide bonds. The predicted octanol–water partition coefficient (Wildman–Crippen LogP) is 2.27. The molecule has 0 aliphatic carbocycles. The molecule has 7 heteroatoms. The summed E-state index contributed by atoms with van der Waals surface area (Å²) in [5.41, 5.74) is 1.08. The Hall–Kier alpha value is -2.47. The van der Waals surface area contributed by atoms with E-state index in [1.807, 2.05) is 0 Å². The number of aromatic amines is 1. The van der Waals surface area contributed by atoms with Crippen LogP contribution in [0, 0.1) is 0 Å². The molecule has 0 bridgehead atoms. The first kappa shape index (κ1) is 16.4. The van der Waals surface area contributed by atoms with Crippen LogP contribution in [0.25, 0.3) is 0 Å². The normalized spacial score (nSPS) is 14.6. The fourth-order valence-electron chi connectivity index (χ4n) is 2.73. The Bertz CT molecular complexity index is 738. The molecule has 6 nitrogen and oxygen atoms in total. The molecule has 1 N–H and O–H groups in total. The molecule has 126 valence electrons. The van der Waals surface area contributed by atoms with Crippen LogP contribution in [-0.2, 0) is 0 Å². The van der Waals surface area contributed by atoms with Crippen LogP contribution in [0.2, 0.25) is 5.02 Å². The van der Waals surface area contributed by atoms with Crippen LogP contribution >= 0.6 is 11.6 Å². The lowest BCUT2D eigenvalue weighted by molar-refractivity contribution is 0.0532. The number of amides is 2. The van der Waals surface area contributed by atoms with Crippen molar-refractivity contribution in [3.05, 3.63) is 52.8 Å². The van der Waals surface area contributed by atoms with Gasteiger partial charge in [-0.05, 0) is 30.3 Å². The summed E-state index contributed by atoms with van der Waals surface area (Å²) < 4.78 is 5.10. The summed E-state index contributed by atoms with van der Waals surface area (Å²) in [7, 11) is 1.53. The number of halogens is 1. The van der Waals surface area contributed by atoms with E-state index in [1.165, 1.54) is 7.11 Å². The summed E-state index contributed by atoms with van der Waals surface area (Å²) in [4.78, 5) is 31.2. The summed E-state index contributed by atoms with van der Waals surface area (Å²) in [5, 5.41) is 0.406. The van der Waals surface area contributed by atoms with Gasteiger partial charge < -0.3 is 19.5 Å².